The monoisotopic (exact) mass is 163 g/mol. The minimum absolute atomic E-state index is 0.134. The van der Waals surface area contributed by atoms with Gasteiger partial charge in [-0.2, -0.15) is 0 Å². The quantitative estimate of drug-likeness (QED) is 0.339. The lowest BCUT2D eigenvalue weighted by Gasteiger charge is -2.16. The van der Waals surface area contributed by atoms with Crippen LogP contribution in [0.2, 0.25) is 0 Å². The van der Waals surface area contributed by atoms with Crippen molar-refractivity contribution in [2.24, 2.45) is 5.73 Å². The van der Waals surface area contributed by atoms with Gasteiger partial charge in [0.05, 0.1) is 18.8 Å². The fourth-order valence-corrected chi connectivity index (χ4v) is 0.599. The Kier molecular flexibility index (Phi) is 4.97. The summed E-state index contributed by atoms with van der Waals surface area (Å²) in [4.78, 5) is 9.89. The van der Waals surface area contributed by atoms with E-state index in [0.717, 1.165) is 0 Å². The second-order valence-electron chi connectivity index (χ2n) is 2.35. The standard InChI is InChI=1S/C6H13NO4/c7-5(3-9)6(11)1-4(10)2-8/h2,4-6,9-11H,1,3,7H2/t4-,5+,6+/m1/s1. The number of hydrogen-bond donors (Lipinski definition) is 4. The number of nitrogens with two attached hydrogens (primary N) is 1. The number of carbonyl (C=O) groups excluding carboxylic acids is 1. The number of rotatable bonds is 5. The van der Waals surface area contributed by atoms with E-state index in [1.807, 2.05) is 0 Å². The predicted molar refractivity (Wildman–Crippen MR) is 37.8 cm³/mol. The molecule has 0 spiro atoms. The van der Waals surface area contributed by atoms with Gasteiger partial charge in [0.2, 0.25) is 0 Å². The first-order chi connectivity index (χ1) is 5.11. The van der Waals surface area contributed by atoms with Gasteiger partial charge in [-0.15, -0.1) is 0 Å². The molecule has 0 amide bonds. The fourth-order valence-electron chi connectivity index (χ4n) is 0.599. The number of carbonyl (C=O) groups is 1. The van der Waals surface area contributed by atoms with Gasteiger partial charge < -0.3 is 25.8 Å². The van der Waals surface area contributed by atoms with Crippen LogP contribution in [0.3, 0.4) is 0 Å². The number of aldehydes is 1. The SMILES string of the molecule is N[C@@H](CO)[C@@H](O)C[C@@H](O)C=O. The molecule has 0 bridgehead atoms. The van der Waals surface area contributed by atoms with Crippen molar-refractivity contribution < 1.29 is 20.1 Å². The summed E-state index contributed by atoms with van der Waals surface area (Å²) in [5, 5.41) is 26.2. The molecule has 3 atom stereocenters. The molecule has 66 valence electrons. The predicted octanol–water partition coefficient (Wildman–Crippen LogP) is -2.38. The van der Waals surface area contributed by atoms with Crippen molar-refractivity contribution in [2.45, 2.75) is 24.7 Å². The highest BCUT2D eigenvalue weighted by Crippen LogP contribution is 1.99. The zero-order valence-corrected chi connectivity index (χ0v) is 6.05. The highest BCUT2D eigenvalue weighted by Gasteiger charge is 2.17. The van der Waals surface area contributed by atoms with Crippen molar-refractivity contribution in [1.82, 2.24) is 0 Å². The molecule has 0 aromatic heterocycles. The molecule has 5 N–H and O–H groups in total. The number of hydrogen-bond acceptors (Lipinski definition) is 5. The third-order valence-corrected chi connectivity index (χ3v) is 1.35. The van der Waals surface area contributed by atoms with Gasteiger partial charge in [0.1, 0.15) is 12.4 Å². The Morgan fingerprint density at radius 1 is 1.45 bits per heavy atom. The Bertz CT molecular complexity index is 119. The van der Waals surface area contributed by atoms with Crippen LogP contribution in [0.5, 0.6) is 0 Å². The molecule has 0 aliphatic heterocycles. The number of aliphatic hydroxyl groups is 3. The molecular formula is C6H13NO4. The smallest absolute Gasteiger partial charge is 0.148 e. The lowest BCUT2D eigenvalue weighted by molar-refractivity contribution is -0.116. The molecular weight excluding hydrogens is 150 g/mol. The van der Waals surface area contributed by atoms with Gasteiger partial charge in [0, 0.05) is 6.42 Å². The minimum atomic E-state index is -1.21. The molecule has 0 aromatic carbocycles. The molecule has 0 saturated heterocycles. The third kappa shape index (κ3) is 4.05. The van der Waals surface area contributed by atoms with Crippen LogP contribution < -0.4 is 5.73 Å². The van der Waals surface area contributed by atoms with Crippen molar-refractivity contribution >= 4 is 6.29 Å². The Morgan fingerprint density at radius 2 is 2.00 bits per heavy atom. The topological polar surface area (TPSA) is 104 Å². The van der Waals surface area contributed by atoms with Gasteiger partial charge in [-0.05, 0) is 0 Å². The first-order valence-corrected chi connectivity index (χ1v) is 3.29. The van der Waals surface area contributed by atoms with Gasteiger partial charge in [0.25, 0.3) is 0 Å². The van der Waals surface area contributed by atoms with Gasteiger partial charge in [-0.25, -0.2) is 0 Å². The lowest BCUT2D eigenvalue weighted by atomic mass is 10.1. The van der Waals surface area contributed by atoms with Gasteiger partial charge in [-0.3, -0.25) is 0 Å². The highest BCUT2D eigenvalue weighted by atomic mass is 16.3. The Hall–Kier alpha value is -0.490. The molecule has 0 aliphatic carbocycles. The van der Waals surface area contributed by atoms with E-state index in [4.69, 9.17) is 21.1 Å². The molecule has 5 heteroatoms. The normalized spacial score (nSPS) is 18.9. The average molecular weight is 163 g/mol. The molecule has 0 fully saturated rings. The van der Waals surface area contributed by atoms with E-state index in [1.54, 1.807) is 0 Å². The van der Waals surface area contributed by atoms with Crippen molar-refractivity contribution in [3.8, 4) is 0 Å². The van der Waals surface area contributed by atoms with Crippen LogP contribution in [0.25, 0.3) is 0 Å². The Morgan fingerprint density at radius 3 is 2.36 bits per heavy atom. The van der Waals surface area contributed by atoms with E-state index in [1.165, 1.54) is 0 Å². The van der Waals surface area contributed by atoms with Gasteiger partial charge >= 0.3 is 0 Å². The molecule has 0 unspecified atom stereocenters. The van der Waals surface area contributed by atoms with Crippen LogP contribution in [0, 0.1) is 0 Å². The summed E-state index contributed by atoms with van der Waals surface area (Å²) < 4.78 is 0. The zero-order valence-electron chi connectivity index (χ0n) is 6.05. The molecule has 0 radical (unpaired) electrons. The maximum atomic E-state index is 9.89. The maximum absolute atomic E-state index is 9.89. The molecule has 11 heavy (non-hydrogen) atoms. The summed E-state index contributed by atoms with van der Waals surface area (Å²) in [5.74, 6) is 0. The minimum Gasteiger partial charge on any atom is -0.395 e. The summed E-state index contributed by atoms with van der Waals surface area (Å²) in [6.45, 7) is -0.368. The largest absolute Gasteiger partial charge is 0.395 e. The summed E-state index contributed by atoms with van der Waals surface area (Å²) in [7, 11) is 0. The Labute approximate surface area is 64.4 Å². The van der Waals surface area contributed by atoms with Crippen LogP contribution in [-0.2, 0) is 4.79 Å². The highest BCUT2D eigenvalue weighted by molar-refractivity contribution is 5.55. The van der Waals surface area contributed by atoms with Crippen molar-refractivity contribution in [3.63, 3.8) is 0 Å². The van der Waals surface area contributed by atoms with E-state index < -0.39 is 18.2 Å². The second kappa shape index (κ2) is 5.20. The fraction of sp³-hybridized carbons (Fsp3) is 0.833. The van der Waals surface area contributed by atoms with Gasteiger partial charge in [0.15, 0.2) is 0 Å². The van der Waals surface area contributed by atoms with Crippen molar-refractivity contribution in [3.05, 3.63) is 0 Å². The zero-order chi connectivity index (χ0) is 8.85. The van der Waals surface area contributed by atoms with E-state index in [9.17, 15) is 4.79 Å². The summed E-state index contributed by atoms with van der Waals surface area (Å²) in [6, 6.07) is -0.801. The van der Waals surface area contributed by atoms with Crippen LogP contribution >= 0.6 is 0 Å². The summed E-state index contributed by atoms with van der Waals surface area (Å²) in [5.41, 5.74) is 5.19. The van der Waals surface area contributed by atoms with Crippen LogP contribution in [0.4, 0.5) is 0 Å². The molecule has 0 rings (SSSR count). The molecule has 0 aromatic rings. The van der Waals surface area contributed by atoms with E-state index >= 15 is 0 Å². The van der Waals surface area contributed by atoms with Crippen LogP contribution in [0.1, 0.15) is 6.42 Å². The lowest BCUT2D eigenvalue weighted by Crippen LogP contribution is -2.40. The van der Waals surface area contributed by atoms with E-state index in [-0.39, 0.29) is 13.0 Å². The summed E-state index contributed by atoms with van der Waals surface area (Å²) in [6.07, 6.45) is -2.07. The van der Waals surface area contributed by atoms with Crippen LogP contribution in [-0.4, -0.2) is 46.5 Å². The van der Waals surface area contributed by atoms with Crippen LogP contribution in [0.15, 0.2) is 0 Å². The Balaban J connectivity index is 3.66. The molecule has 0 aliphatic rings. The third-order valence-electron chi connectivity index (χ3n) is 1.35. The first-order valence-electron chi connectivity index (χ1n) is 3.29. The number of aliphatic hydroxyl groups excluding tert-OH is 3. The van der Waals surface area contributed by atoms with E-state index in [2.05, 4.69) is 0 Å². The molecule has 5 nitrogen and oxygen atoms in total. The second-order valence-corrected chi connectivity index (χ2v) is 2.35. The first kappa shape index (κ1) is 10.5. The summed E-state index contributed by atoms with van der Waals surface area (Å²) >= 11 is 0. The maximum Gasteiger partial charge on any atom is 0.148 e. The van der Waals surface area contributed by atoms with Crippen molar-refractivity contribution in [1.29, 1.82) is 0 Å². The molecule has 0 heterocycles. The van der Waals surface area contributed by atoms with Gasteiger partial charge in [-0.1, -0.05) is 0 Å². The average Bonchev–Trinajstić information content (AvgIpc) is 2.02. The van der Waals surface area contributed by atoms with Crippen molar-refractivity contribution in [2.75, 3.05) is 6.61 Å². The molecule has 0 saturated carbocycles. The van der Waals surface area contributed by atoms with E-state index in [0.29, 0.717) is 6.29 Å².